The molecule has 0 aliphatic rings. The molecule has 0 bridgehead atoms. The topological polar surface area (TPSA) is 43.8 Å². The third-order valence-electron chi connectivity index (χ3n) is 2.36. The van der Waals surface area contributed by atoms with E-state index in [0.717, 1.165) is 12.1 Å². The van der Waals surface area contributed by atoms with E-state index in [-0.39, 0.29) is 16.5 Å². The van der Waals surface area contributed by atoms with E-state index in [9.17, 15) is 13.2 Å². The van der Waals surface area contributed by atoms with Crippen molar-refractivity contribution in [2.45, 2.75) is 13.1 Å². The Balaban J connectivity index is 2.59. The number of nitrogen functional groups attached to an aromatic ring is 1. The number of nitrogens with two attached hydrogens (primary N) is 1. The molecule has 2 N–H and O–H groups in total. The maximum absolute atomic E-state index is 12.7. The summed E-state index contributed by atoms with van der Waals surface area (Å²) in [5, 5.41) is 3.91. The van der Waals surface area contributed by atoms with Crippen LogP contribution in [-0.4, -0.2) is 9.78 Å². The molecule has 0 saturated carbocycles. The van der Waals surface area contributed by atoms with Crippen LogP contribution in [0.25, 0.3) is 5.69 Å². The van der Waals surface area contributed by atoms with E-state index in [0.29, 0.717) is 5.69 Å². The van der Waals surface area contributed by atoms with Crippen molar-refractivity contribution in [3.63, 3.8) is 0 Å². The second-order valence-electron chi connectivity index (χ2n) is 3.82. The quantitative estimate of drug-likeness (QED) is 0.866. The fraction of sp³-hybridized carbons (Fsp3) is 0.182. The molecular weight excluding hydrogens is 267 g/mol. The van der Waals surface area contributed by atoms with Gasteiger partial charge in [0.15, 0.2) is 0 Å². The summed E-state index contributed by atoms with van der Waals surface area (Å²) >= 11 is 5.69. The Morgan fingerprint density at radius 2 is 1.89 bits per heavy atom. The van der Waals surface area contributed by atoms with Crippen LogP contribution < -0.4 is 5.73 Å². The highest BCUT2D eigenvalue weighted by Gasteiger charge is 2.31. The zero-order valence-corrected chi connectivity index (χ0v) is 10.0. The molecule has 2 aromatic rings. The van der Waals surface area contributed by atoms with Crippen LogP contribution in [0.4, 0.5) is 19.0 Å². The lowest BCUT2D eigenvalue weighted by Gasteiger charge is -2.10. The lowest BCUT2D eigenvalue weighted by molar-refractivity contribution is -0.137. The highest BCUT2D eigenvalue weighted by molar-refractivity contribution is 6.30. The van der Waals surface area contributed by atoms with Gasteiger partial charge < -0.3 is 5.73 Å². The molecule has 0 saturated heterocycles. The second kappa shape index (κ2) is 4.20. The number of alkyl halides is 3. The summed E-state index contributed by atoms with van der Waals surface area (Å²) in [5.41, 5.74) is 5.52. The smallest absolute Gasteiger partial charge is 0.382 e. The molecule has 0 spiro atoms. The molecule has 0 aliphatic carbocycles. The van der Waals surface area contributed by atoms with Crippen molar-refractivity contribution < 1.29 is 13.2 Å². The predicted molar refractivity (Wildman–Crippen MR) is 62.7 cm³/mol. The third kappa shape index (κ3) is 2.43. The molecule has 1 aromatic carbocycles. The highest BCUT2D eigenvalue weighted by Crippen LogP contribution is 2.33. The summed E-state index contributed by atoms with van der Waals surface area (Å²) in [6.07, 6.45) is -4.45. The van der Waals surface area contributed by atoms with Crippen LogP contribution in [0.2, 0.25) is 5.02 Å². The molecule has 2 rings (SSSR count). The summed E-state index contributed by atoms with van der Waals surface area (Å²) < 4.78 is 39.3. The van der Waals surface area contributed by atoms with Crippen LogP contribution in [0.15, 0.2) is 24.3 Å². The third-order valence-corrected chi connectivity index (χ3v) is 2.58. The van der Waals surface area contributed by atoms with Crippen molar-refractivity contribution in [3.8, 4) is 5.69 Å². The van der Waals surface area contributed by atoms with E-state index in [4.69, 9.17) is 17.3 Å². The number of benzene rings is 1. The first-order valence-corrected chi connectivity index (χ1v) is 5.35. The summed E-state index contributed by atoms with van der Waals surface area (Å²) in [6.45, 7) is 1.69. The van der Waals surface area contributed by atoms with Crippen LogP contribution in [0.1, 0.15) is 11.3 Å². The molecular formula is C11H9ClF3N3. The average molecular weight is 276 g/mol. The molecule has 0 atom stereocenters. The van der Waals surface area contributed by atoms with E-state index >= 15 is 0 Å². The lowest BCUT2D eigenvalue weighted by Crippen LogP contribution is -2.07. The first-order chi connectivity index (χ1) is 8.27. The fourth-order valence-corrected chi connectivity index (χ4v) is 1.85. The Kier molecular flexibility index (Phi) is 2.98. The van der Waals surface area contributed by atoms with Crippen LogP contribution in [-0.2, 0) is 6.18 Å². The molecule has 96 valence electrons. The van der Waals surface area contributed by atoms with Gasteiger partial charge in [-0.25, -0.2) is 4.68 Å². The minimum absolute atomic E-state index is 0.00621. The molecule has 0 fully saturated rings. The average Bonchev–Trinajstić information content (AvgIpc) is 2.55. The normalized spacial score (nSPS) is 11.8. The molecule has 7 heteroatoms. The Morgan fingerprint density at radius 1 is 1.22 bits per heavy atom. The number of hydrogen-bond acceptors (Lipinski definition) is 2. The van der Waals surface area contributed by atoms with Gasteiger partial charge >= 0.3 is 6.18 Å². The molecule has 18 heavy (non-hydrogen) atoms. The van der Waals surface area contributed by atoms with Crippen LogP contribution in [0, 0.1) is 6.92 Å². The number of nitrogens with zero attached hydrogens (tertiary/aromatic N) is 2. The SMILES string of the molecule is Cc1cc(N)nn1-c1cc(Cl)cc(C(F)(F)F)c1. The maximum atomic E-state index is 12.7. The standard InChI is InChI=1S/C11H9ClF3N3/c1-6-2-10(16)17-18(6)9-4-7(11(13,14)15)3-8(12)5-9/h2-5H,1H3,(H2,16,17). The fourth-order valence-electron chi connectivity index (χ4n) is 1.62. The van der Waals surface area contributed by atoms with Gasteiger partial charge in [-0.1, -0.05) is 11.6 Å². The van der Waals surface area contributed by atoms with Crippen molar-refractivity contribution in [3.05, 3.63) is 40.5 Å². The van der Waals surface area contributed by atoms with Crippen molar-refractivity contribution >= 4 is 17.4 Å². The number of rotatable bonds is 1. The van der Waals surface area contributed by atoms with Crippen LogP contribution in [0.3, 0.4) is 0 Å². The first-order valence-electron chi connectivity index (χ1n) is 4.97. The Hall–Kier alpha value is -1.69. The highest BCUT2D eigenvalue weighted by atomic mass is 35.5. The van der Waals surface area contributed by atoms with Crippen molar-refractivity contribution in [1.82, 2.24) is 9.78 Å². The predicted octanol–water partition coefficient (Wildman–Crippen LogP) is 3.44. The Morgan fingerprint density at radius 3 is 2.39 bits per heavy atom. The Labute approximate surface area is 106 Å². The number of aromatic nitrogens is 2. The minimum atomic E-state index is -4.45. The second-order valence-corrected chi connectivity index (χ2v) is 4.25. The number of anilines is 1. The molecule has 0 unspecified atom stereocenters. The van der Waals surface area contributed by atoms with E-state index in [1.165, 1.54) is 10.7 Å². The van der Waals surface area contributed by atoms with Crippen molar-refractivity contribution in [2.24, 2.45) is 0 Å². The van der Waals surface area contributed by atoms with Gasteiger partial charge in [-0.15, -0.1) is 0 Å². The van der Waals surface area contributed by atoms with Crippen LogP contribution >= 0.6 is 11.6 Å². The molecule has 0 amide bonds. The summed E-state index contributed by atoms with van der Waals surface area (Å²) in [5.74, 6) is 0.237. The van der Waals surface area contributed by atoms with Crippen LogP contribution in [0.5, 0.6) is 0 Å². The molecule has 0 aliphatic heterocycles. The lowest BCUT2D eigenvalue weighted by atomic mass is 10.2. The van der Waals surface area contributed by atoms with Gasteiger partial charge in [0.05, 0.1) is 11.3 Å². The molecule has 1 heterocycles. The maximum Gasteiger partial charge on any atom is 0.416 e. The van der Waals surface area contributed by atoms with Gasteiger partial charge in [0.2, 0.25) is 0 Å². The monoisotopic (exact) mass is 275 g/mol. The summed E-state index contributed by atoms with van der Waals surface area (Å²) in [6, 6.07) is 4.81. The van der Waals surface area contributed by atoms with E-state index < -0.39 is 11.7 Å². The van der Waals surface area contributed by atoms with Gasteiger partial charge in [-0.3, -0.25) is 0 Å². The van der Waals surface area contributed by atoms with Gasteiger partial charge in [0.1, 0.15) is 5.82 Å². The number of aryl methyl sites for hydroxylation is 1. The molecule has 1 aromatic heterocycles. The van der Waals surface area contributed by atoms with Gasteiger partial charge in [-0.05, 0) is 25.1 Å². The van der Waals surface area contributed by atoms with Gasteiger partial charge in [-0.2, -0.15) is 18.3 Å². The number of halogens is 4. The number of hydrogen-bond donors (Lipinski definition) is 1. The minimum Gasteiger partial charge on any atom is -0.382 e. The van der Waals surface area contributed by atoms with Crippen molar-refractivity contribution in [1.29, 1.82) is 0 Å². The van der Waals surface area contributed by atoms with Gasteiger partial charge in [0, 0.05) is 16.8 Å². The summed E-state index contributed by atoms with van der Waals surface area (Å²) in [7, 11) is 0. The van der Waals surface area contributed by atoms with E-state index in [1.807, 2.05) is 0 Å². The van der Waals surface area contributed by atoms with E-state index in [1.54, 1.807) is 13.0 Å². The zero-order valence-electron chi connectivity index (χ0n) is 9.29. The molecule has 3 nitrogen and oxygen atoms in total. The molecule has 0 radical (unpaired) electrons. The first kappa shape index (κ1) is 12.8. The van der Waals surface area contributed by atoms with Crippen molar-refractivity contribution in [2.75, 3.05) is 5.73 Å². The largest absolute Gasteiger partial charge is 0.416 e. The van der Waals surface area contributed by atoms with E-state index in [2.05, 4.69) is 5.10 Å². The Bertz CT molecular complexity index is 590. The summed E-state index contributed by atoms with van der Waals surface area (Å²) in [4.78, 5) is 0. The zero-order chi connectivity index (χ0) is 13.5. The van der Waals surface area contributed by atoms with Gasteiger partial charge in [0.25, 0.3) is 0 Å².